The maximum Gasteiger partial charge on any atom is 0.293 e. The van der Waals surface area contributed by atoms with E-state index in [1.165, 1.54) is 10.9 Å². The average molecular weight is 628 g/mol. The Balaban J connectivity index is 2.20. The molecular formula is C28H54FN5O4Si3. The van der Waals surface area contributed by atoms with Crippen molar-refractivity contribution in [1.82, 2.24) is 19.5 Å². The fraction of sp³-hybridized carbons (Fsp3) is 0.821. The second-order valence-corrected chi connectivity index (χ2v) is 30.3. The quantitative estimate of drug-likeness (QED) is 0.241. The van der Waals surface area contributed by atoms with Crippen LogP contribution in [0.1, 0.15) is 68.5 Å². The summed E-state index contributed by atoms with van der Waals surface area (Å²) < 4.78 is 44.8. The van der Waals surface area contributed by atoms with Gasteiger partial charge in [-0.3, -0.25) is 4.57 Å². The van der Waals surface area contributed by atoms with Gasteiger partial charge in [-0.2, -0.15) is 9.37 Å². The number of anilines is 1. The molecule has 2 aromatic heterocycles. The van der Waals surface area contributed by atoms with E-state index in [1.54, 1.807) is 0 Å². The smallest absolute Gasteiger partial charge is 0.293 e. The average Bonchev–Trinajstić information content (AvgIpc) is 3.27. The van der Waals surface area contributed by atoms with Crippen molar-refractivity contribution >= 4 is 41.9 Å². The first-order chi connectivity index (χ1) is 18.3. The minimum absolute atomic E-state index is 0.0128. The minimum Gasteiger partial charge on any atom is -0.414 e. The molecule has 1 fully saturated rings. The van der Waals surface area contributed by atoms with Gasteiger partial charge in [0, 0.05) is 0 Å². The van der Waals surface area contributed by atoms with Gasteiger partial charge >= 0.3 is 0 Å². The van der Waals surface area contributed by atoms with Crippen LogP contribution in [0.2, 0.25) is 54.4 Å². The van der Waals surface area contributed by atoms with Gasteiger partial charge in [0.1, 0.15) is 24.6 Å². The summed E-state index contributed by atoms with van der Waals surface area (Å²) in [7, 11) is -6.86. The largest absolute Gasteiger partial charge is 0.414 e. The Bertz CT molecular complexity index is 1230. The predicted molar refractivity (Wildman–Crippen MR) is 171 cm³/mol. The van der Waals surface area contributed by atoms with Crippen LogP contribution in [0.5, 0.6) is 0 Å². The Morgan fingerprint density at radius 1 is 0.829 bits per heavy atom. The molecular weight excluding hydrogens is 574 g/mol. The molecule has 1 saturated heterocycles. The number of nitrogens with zero attached hydrogens (tertiary/aromatic N) is 4. The molecule has 41 heavy (non-hydrogen) atoms. The summed E-state index contributed by atoms with van der Waals surface area (Å²) in [5.74, 6) is 0.111. The molecule has 2 N–H and O–H groups in total. The highest BCUT2D eigenvalue weighted by Crippen LogP contribution is 2.47. The van der Waals surface area contributed by atoms with Crippen molar-refractivity contribution in [2.24, 2.45) is 0 Å². The Kier molecular flexibility index (Phi) is 9.23. The highest BCUT2D eigenvalue weighted by atomic mass is 28.4. The van der Waals surface area contributed by atoms with E-state index in [0.717, 1.165) is 0 Å². The molecule has 0 saturated carbocycles. The molecule has 9 nitrogen and oxygen atoms in total. The number of nitrogens with two attached hydrogens (primary N) is 1. The van der Waals surface area contributed by atoms with Crippen LogP contribution in [0.3, 0.4) is 0 Å². The third-order valence-electron chi connectivity index (χ3n) is 9.89. The van der Waals surface area contributed by atoms with Crippen molar-refractivity contribution in [2.45, 2.75) is 141 Å². The molecule has 0 aliphatic carbocycles. The molecule has 0 aromatic carbocycles. The highest BCUT2D eigenvalue weighted by Gasteiger charge is 2.55. The van der Waals surface area contributed by atoms with E-state index in [9.17, 15) is 0 Å². The first-order valence-electron chi connectivity index (χ1n) is 14.6. The molecule has 1 aliphatic rings. The summed E-state index contributed by atoms with van der Waals surface area (Å²) in [6, 6.07) is 0. The molecule has 0 spiro atoms. The molecule has 3 rings (SSSR count). The van der Waals surface area contributed by atoms with Crippen LogP contribution in [-0.4, -0.2) is 69.4 Å². The van der Waals surface area contributed by atoms with Gasteiger partial charge in [-0.05, 0) is 54.4 Å². The molecule has 2 aromatic rings. The Morgan fingerprint density at radius 3 is 1.80 bits per heavy atom. The van der Waals surface area contributed by atoms with Crippen LogP contribution < -0.4 is 5.73 Å². The van der Waals surface area contributed by atoms with Crippen LogP contribution in [0, 0.1) is 6.08 Å². The third-order valence-corrected chi connectivity index (χ3v) is 23.3. The van der Waals surface area contributed by atoms with Crippen LogP contribution in [0.15, 0.2) is 6.33 Å². The third kappa shape index (κ3) is 6.80. The lowest BCUT2D eigenvalue weighted by molar-refractivity contribution is -0.0518. The van der Waals surface area contributed by atoms with E-state index < -0.39 is 55.6 Å². The van der Waals surface area contributed by atoms with E-state index in [4.69, 9.17) is 23.7 Å². The van der Waals surface area contributed by atoms with Gasteiger partial charge in [0.15, 0.2) is 48.2 Å². The van der Waals surface area contributed by atoms with Gasteiger partial charge in [-0.1, -0.05) is 62.3 Å². The second kappa shape index (κ2) is 11.0. The lowest BCUT2D eigenvalue weighted by Crippen LogP contribution is -2.54. The van der Waals surface area contributed by atoms with Gasteiger partial charge in [0.2, 0.25) is 0 Å². The summed E-state index contributed by atoms with van der Waals surface area (Å²) in [5.41, 5.74) is 6.52. The van der Waals surface area contributed by atoms with Gasteiger partial charge in [-0.15, -0.1) is 0 Å². The summed E-state index contributed by atoms with van der Waals surface area (Å²) in [4.78, 5) is 12.4. The van der Waals surface area contributed by atoms with E-state index in [2.05, 4.69) is 117 Å². The highest BCUT2D eigenvalue weighted by molar-refractivity contribution is 6.75. The number of aromatic nitrogens is 4. The molecule has 13 heteroatoms. The maximum atomic E-state index is 15.7. The van der Waals surface area contributed by atoms with Gasteiger partial charge in [-0.25, -0.2) is 9.97 Å². The van der Waals surface area contributed by atoms with Gasteiger partial charge < -0.3 is 23.7 Å². The predicted octanol–water partition coefficient (Wildman–Crippen LogP) is 7.25. The van der Waals surface area contributed by atoms with Crippen LogP contribution in [-0.2, 0) is 18.0 Å². The lowest BCUT2D eigenvalue weighted by Gasteiger charge is -2.44. The second-order valence-electron chi connectivity index (χ2n) is 16.0. The Labute approximate surface area is 249 Å². The number of rotatable bonds is 8. The number of ether oxygens (including phenoxy) is 1. The maximum absolute atomic E-state index is 15.7. The molecule has 3 heterocycles. The monoisotopic (exact) mass is 627 g/mol. The van der Waals surface area contributed by atoms with Gasteiger partial charge in [0.05, 0.1) is 6.61 Å². The SMILES string of the molecule is CC(C)(C)[Si](C)(C)OC[C@H]1O[C@@H](n2c(F)nc3c(N)ncnc32)[C@H](O[Si](C)(C)C(C)(C)C)[C@@H]1O[Si](C)(C)C(C)(C)C. The first kappa shape index (κ1) is 34.3. The van der Waals surface area contributed by atoms with Crippen molar-refractivity contribution in [3.63, 3.8) is 0 Å². The number of hydrogen-bond acceptors (Lipinski definition) is 8. The fourth-order valence-electron chi connectivity index (χ4n) is 3.98. The van der Waals surface area contributed by atoms with Crippen LogP contribution >= 0.6 is 0 Å². The molecule has 0 unspecified atom stereocenters. The number of halogens is 1. The van der Waals surface area contributed by atoms with E-state index >= 15 is 4.39 Å². The molecule has 0 bridgehead atoms. The lowest BCUT2D eigenvalue weighted by atomic mass is 10.1. The first-order valence-corrected chi connectivity index (χ1v) is 23.3. The summed E-state index contributed by atoms with van der Waals surface area (Å²) in [5, 5.41) is -0.151. The van der Waals surface area contributed by atoms with E-state index in [-0.39, 0.29) is 32.1 Å². The summed E-state index contributed by atoms with van der Waals surface area (Å²) in [6.07, 6.45) is -1.93. The molecule has 0 radical (unpaired) electrons. The Morgan fingerprint density at radius 2 is 1.32 bits per heavy atom. The zero-order valence-electron chi connectivity index (χ0n) is 28.0. The van der Waals surface area contributed by atoms with Crippen molar-refractivity contribution in [2.75, 3.05) is 12.3 Å². The number of fused-ring (bicyclic) bond motifs is 1. The Hall–Kier alpha value is -1.23. The molecule has 0 amide bonds. The standard InChI is InChI=1S/C28H54FN5O4Si3/c1-26(2,3)39(10,11)35-16-18-20(37-40(12,13)27(4,5)6)21(38-41(14,15)28(7,8)9)24(36-18)34-23-19(33-25(34)29)22(30)31-17-32-23/h17-18,20-21,24H,16H2,1-15H3,(H2,30,31,32)/t18-,20-,21-,24-/m1/s1. The van der Waals surface area contributed by atoms with E-state index in [0.29, 0.717) is 6.61 Å². The van der Waals surface area contributed by atoms with E-state index in [1.807, 2.05) is 0 Å². The van der Waals surface area contributed by atoms with Crippen molar-refractivity contribution < 1.29 is 22.4 Å². The topological polar surface area (TPSA) is 107 Å². The molecule has 4 atom stereocenters. The van der Waals surface area contributed by atoms with Crippen molar-refractivity contribution in [1.29, 1.82) is 0 Å². The summed E-state index contributed by atoms with van der Waals surface area (Å²) >= 11 is 0. The minimum atomic E-state index is -2.39. The van der Waals surface area contributed by atoms with Crippen molar-refractivity contribution in [3.05, 3.63) is 12.4 Å². The van der Waals surface area contributed by atoms with Crippen molar-refractivity contribution in [3.8, 4) is 0 Å². The number of hydrogen-bond donors (Lipinski definition) is 1. The summed E-state index contributed by atoms with van der Waals surface area (Å²) in [6.45, 7) is 33.4. The zero-order chi connectivity index (χ0) is 31.6. The van der Waals surface area contributed by atoms with Crippen LogP contribution in [0.25, 0.3) is 11.2 Å². The molecule has 234 valence electrons. The fourth-order valence-corrected chi connectivity index (χ4v) is 7.60. The zero-order valence-corrected chi connectivity index (χ0v) is 31.0. The molecule has 1 aliphatic heterocycles. The van der Waals surface area contributed by atoms with Gasteiger partial charge in [0.25, 0.3) is 6.08 Å². The normalized spacial score (nSPS) is 23.5. The number of nitrogen functional groups attached to an aromatic ring is 1. The number of imidazole rings is 1. The van der Waals surface area contributed by atoms with Crippen LogP contribution in [0.4, 0.5) is 10.2 Å².